The first kappa shape index (κ1) is 19.9. The number of rotatable bonds is 7. The minimum Gasteiger partial charge on any atom is -0.493 e. The summed E-state index contributed by atoms with van der Waals surface area (Å²) in [6, 6.07) is 6.72. The molecule has 3 aromatic rings. The van der Waals surface area contributed by atoms with Crippen LogP contribution < -0.4 is 15.6 Å². The fourth-order valence-corrected chi connectivity index (χ4v) is 3.07. The first-order chi connectivity index (χ1) is 13.1. The van der Waals surface area contributed by atoms with Gasteiger partial charge in [0.1, 0.15) is 12.4 Å². The van der Waals surface area contributed by atoms with E-state index in [2.05, 4.69) is 20.6 Å². The maximum Gasteiger partial charge on any atom is 0.275 e. The van der Waals surface area contributed by atoms with Crippen molar-refractivity contribution in [3.8, 4) is 5.75 Å². The summed E-state index contributed by atoms with van der Waals surface area (Å²) in [4.78, 5) is 12.9. The van der Waals surface area contributed by atoms with Gasteiger partial charge in [0, 0.05) is 23.4 Å². The number of hydrogen-bond acceptors (Lipinski definition) is 7. The number of anilines is 2. The van der Waals surface area contributed by atoms with E-state index < -0.39 is 9.84 Å². The van der Waals surface area contributed by atoms with Gasteiger partial charge in [-0.05, 0) is 39.0 Å². The summed E-state index contributed by atoms with van der Waals surface area (Å²) >= 11 is 0. The Bertz CT molecular complexity index is 1160. The predicted molar refractivity (Wildman–Crippen MR) is 108 cm³/mol. The fourth-order valence-electron chi connectivity index (χ4n) is 2.68. The molecule has 2 heterocycles. The average Bonchev–Trinajstić information content (AvgIpc) is 3.01. The van der Waals surface area contributed by atoms with Crippen LogP contribution in [-0.4, -0.2) is 47.0 Å². The number of sulfone groups is 1. The highest BCUT2D eigenvalue weighted by Gasteiger charge is 2.15. The molecule has 2 aromatic heterocycles. The summed E-state index contributed by atoms with van der Waals surface area (Å²) in [5, 5.41) is 15.6. The van der Waals surface area contributed by atoms with Gasteiger partial charge in [-0.1, -0.05) is 0 Å². The fraction of sp³-hybridized carbons (Fsp3) is 0.389. The van der Waals surface area contributed by atoms with Crippen LogP contribution in [0.15, 0.2) is 29.1 Å². The molecule has 0 radical (unpaired) electrons. The van der Waals surface area contributed by atoms with Gasteiger partial charge in [0.15, 0.2) is 21.5 Å². The van der Waals surface area contributed by atoms with Crippen molar-refractivity contribution in [1.29, 1.82) is 0 Å². The Morgan fingerprint density at radius 3 is 2.61 bits per heavy atom. The van der Waals surface area contributed by atoms with Crippen LogP contribution >= 0.6 is 0 Å². The number of H-pyrrole nitrogens is 1. The molecule has 2 N–H and O–H groups in total. The van der Waals surface area contributed by atoms with Crippen molar-refractivity contribution in [2.75, 3.05) is 23.9 Å². The van der Waals surface area contributed by atoms with Gasteiger partial charge in [-0.25, -0.2) is 13.1 Å². The van der Waals surface area contributed by atoms with Gasteiger partial charge >= 0.3 is 0 Å². The molecule has 3 rings (SSSR count). The highest BCUT2D eigenvalue weighted by molar-refractivity contribution is 7.90. The minimum atomic E-state index is -3.12. The molecule has 150 valence electrons. The van der Waals surface area contributed by atoms with E-state index in [1.165, 1.54) is 4.68 Å². The molecular weight excluding hydrogens is 382 g/mol. The molecule has 1 aromatic carbocycles. The van der Waals surface area contributed by atoms with E-state index in [1.807, 2.05) is 26.8 Å². The van der Waals surface area contributed by atoms with Crippen LogP contribution in [-0.2, 0) is 9.84 Å². The first-order valence-corrected chi connectivity index (χ1v) is 10.9. The molecule has 0 bridgehead atoms. The van der Waals surface area contributed by atoms with E-state index >= 15 is 0 Å². The molecular formula is C18H23N5O4S. The number of aromatic nitrogens is 4. The lowest BCUT2D eigenvalue weighted by molar-refractivity contribution is 0.341. The molecule has 0 aliphatic rings. The second kappa shape index (κ2) is 7.63. The van der Waals surface area contributed by atoms with E-state index in [4.69, 9.17) is 4.74 Å². The Kier molecular flexibility index (Phi) is 5.41. The molecule has 10 heteroatoms. The van der Waals surface area contributed by atoms with Crippen LogP contribution in [0.25, 0.3) is 10.8 Å². The summed E-state index contributed by atoms with van der Waals surface area (Å²) in [5.41, 5.74) is 0.646. The van der Waals surface area contributed by atoms with Crippen molar-refractivity contribution in [3.63, 3.8) is 0 Å². The van der Waals surface area contributed by atoms with Crippen LogP contribution in [0.4, 0.5) is 11.6 Å². The van der Waals surface area contributed by atoms with Crippen LogP contribution in [0.5, 0.6) is 5.75 Å². The number of hydrogen-bond donors (Lipinski definition) is 2. The molecule has 0 atom stereocenters. The van der Waals surface area contributed by atoms with Gasteiger partial charge in [-0.3, -0.25) is 9.89 Å². The molecule has 0 aliphatic heterocycles. The van der Waals surface area contributed by atoms with Gasteiger partial charge in [0.05, 0.1) is 17.2 Å². The lowest BCUT2D eigenvalue weighted by atomic mass is 10.1. The Morgan fingerprint density at radius 2 is 2.00 bits per heavy atom. The number of aryl methyl sites for hydroxylation is 1. The maximum atomic E-state index is 12.9. The summed E-state index contributed by atoms with van der Waals surface area (Å²) in [7, 11) is -3.12. The van der Waals surface area contributed by atoms with E-state index in [9.17, 15) is 13.2 Å². The molecule has 0 aliphatic carbocycles. The molecule has 9 nitrogen and oxygen atoms in total. The van der Waals surface area contributed by atoms with Crippen molar-refractivity contribution >= 4 is 32.2 Å². The number of ether oxygens (including phenoxy) is 1. The SMILES string of the molecule is Cc1cc(Nc2nn(C(C)C)c(=O)c3cc(OCCS(C)(=O)=O)ccc23)n[nH]1. The van der Waals surface area contributed by atoms with E-state index in [0.717, 1.165) is 11.9 Å². The van der Waals surface area contributed by atoms with E-state index in [-0.39, 0.29) is 24.0 Å². The smallest absolute Gasteiger partial charge is 0.275 e. The highest BCUT2D eigenvalue weighted by Crippen LogP contribution is 2.26. The third-order valence-electron chi connectivity index (χ3n) is 4.06. The molecule has 0 saturated heterocycles. The first-order valence-electron chi connectivity index (χ1n) is 8.80. The minimum absolute atomic E-state index is 0.0193. The van der Waals surface area contributed by atoms with Crippen LogP contribution in [0.1, 0.15) is 25.6 Å². The zero-order valence-corrected chi connectivity index (χ0v) is 17.0. The van der Waals surface area contributed by atoms with E-state index in [0.29, 0.717) is 28.2 Å². The predicted octanol–water partition coefficient (Wildman–Crippen LogP) is 2.18. The van der Waals surface area contributed by atoms with Crippen molar-refractivity contribution in [2.45, 2.75) is 26.8 Å². The molecule has 0 unspecified atom stereocenters. The monoisotopic (exact) mass is 405 g/mol. The van der Waals surface area contributed by atoms with Crippen molar-refractivity contribution < 1.29 is 13.2 Å². The zero-order chi connectivity index (χ0) is 20.5. The number of nitrogens with one attached hydrogen (secondary N) is 2. The molecule has 0 fully saturated rings. The summed E-state index contributed by atoms with van der Waals surface area (Å²) in [6.45, 7) is 5.65. The second-order valence-electron chi connectivity index (χ2n) is 6.94. The zero-order valence-electron chi connectivity index (χ0n) is 16.2. The number of benzene rings is 1. The van der Waals surface area contributed by atoms with Crippen LogP contribution in [0.3, 0.4) is 0 Å². The maximum absolute atomic E-state index is 12.9. The Morgan fingerprint density at radius 1 is 1.25 bits per heavy atom. The quantitative estimate of drug-likeness (QED) is 0.618. The van der Waals surface area contributed by atoms with Gasteiger partial charge in [0.25, 0.3) is 5.56 Å². The molecule has 0 amide bonds. The third-order valence-corrected chi connectivity index (χ3v) is 4.97. The molecule has 0 saturated carbocycles. The van der Waals surface area contributed by atoms with Crippen LogP contribution in [0, 0.1) is 6.92 Å². The summed E-state index contributed by atoms with van der Waals surface area (Å²) in [5.74, 6) is 1.42. The number of nitrogens with zero attached hydrogens (tertiary/aromatic N) is 3. The number of aromatic amines is 1. The van der Waals surface area contributed by atoms with Crippen molar-refractivity contribution in [3.05, 3.63) is 40.3 Å². The normalized spacial score (nSPS) is 11.9. The van der Waals surface area contributed by atoms with Gasteiger partial charge in [0.2, 0.25) is 0 Å². The average molecular weight is 405 g/mol. The summed E-state index contributed by atoms with van der Waals surface area (Å²) in [6.07, 6.45) is 1.15. The second-order valence-corrected chi connectivity index (χ2v) is 9.20. The lowest BCUT2D eigenvalue weighted by Gasteiger charge is -2.14. The largest absolute Gasteiger partial charge is 0.493 e. The Balaban J connectivity index is 2.03. The highest BCUT2D eigenvalue weighted by atomic mass is 32.2. The third kappa shape index (κ3) is 4.50. The van der Waals surface area contributed by atoms with Gasteiger partial charge < -0.3 is 10.1 Å². The van der Waals surface area contributed by atoms with E-state index in [1.54, 1.807) is 18.2 Å². The van der Waals surface area contributed by atoms with Gasteiger partial charge in [-0.15, -0.1) is 0 Å². The summed E-state index contributed by atoms with van der Waals surface area (Å²) < 4.78 is 29.5. The Hall–Kier alpha value is -2.88. The molecule has 28 heavy (non-hydrogen) atoms. The Labute approximate surface area is 162 Å². The lowest BCUT2D eigenvalue weighted by Crippen LogP contribution is -2.25. The number of fused-ring (bicyclic) bond motifs is 1. The topological polar surface area (TPSA) is 119 Å². The van der Waals surface area contributed by atoms with Crippen LogP contribution in [0.2, 0.25) is 0 Å². The van der Waals surface area contributed by atoms with Crippen molar-refractivity contribution in [1.82, 2.24) is 20.0 Å². The molecule has 0 spiro atoms. The van der Waals surface area contributed by atoms with Gasteiger partial charge in [-0.2, -0.15) is 10.2 Å². The standard InChI is InChI=1S/C18H23N5O4S/c1-11(2)23-18(24)15-10-13(27-7-8-28(4,25)26)5-6-14(15)17(22-23)19-16-9-12(3)20-21-16/h5-6,9-11H,7-8H2,1-4H3,(H2,19,20,21,22). The van der Waals surface area contributed by atoms with Crippen molar-refractivity contribution in [2.24, 2.45) is 0 Å².